The van der Waals surface area contributed by atoms with E-state index >= 15 is 0 Å². The average molecular weight is 252 g/mol. The molecule has 2 atom stereocenters. The zero-order valence-corrected chi connectivity index (χ0v) is 11.8. The fourth-order valence-electron chi connectivity index (χ4n) is 2.15. The fraction of sp³-hybridized carbons (Fsp3) is 0.600. The summed E-state index contributed by atoms with van der Waals surface area (Å²) in [4.78, 5) is 0. The monoisotopic (exact) mass is 252 g/mol. The third-order valence-corrected chi connectivity index (χ3v) is 3.17. The lowest BCUT2D eigenvalue weighted by Crippen LogP contribution is -2.05. The van der Waals surface area contributed by atoms with E-state index in [4.69, 9.17) is 9.47 Å². The third kappa shape index (κ3) is 4.22. The SMILES string of the molecule is CCCC(C)CC(O)c1cc(OC)cc(OC)c1. The summed E-state index contributed by atoms with van der Waals surface area (Å²) in [6, 6.07) is 5.55. The number of hydrogen-bond donors (Lipinski definition) is 1. The molecule has 1 rings (SSSR count). The molecule has 0 spiro atoms. The third-order valence-electron chi connectivity index (χ3n) is 3.17. The Balaban J connectivity index is 2.80. The molecule has 0 aliphatic carbocycles. The zero-order chi connectivity index (χ0) is 13.5. The van der Waals surface area contributed by atoms with E-state index in [1.165, 1.54) is 0 Å². The highest BCUT2D eigenvalue weighted by atomic mass is 16.5. The molecule has 0 amide bonds. The molecule has 0 aliphatic rings. The van der Waals surface area contributed by atoms with Gasteiger partial charge in [-0.05, 0) is 30.0 Å². The first-order chi connectivity index (χ1) is 8.60. The molecule has 1 aromatic rings. The predicted molar refractivity (Wildman–Crippen MR) is 73.2 cm³/mol. The van der Waals surface area contributed by atoms with Crippen LogP contribution in [-0.4, -0.2) is 19.3 Å². The summed E-state index contributed by atoms with van der Waals surface area (Å²) in [7, 11) is 3.23. The Morgan fingerprint density at radius 1 is 1.11 bits per heavy atom. The molecule has 1 N–H and O–H groups in total. The molecule has 0 bridgehead atoms. The number of rotatable bonds is 7. The highest BCUT2D eigenvalue weighted by Crippen LogP contribution is 2.30. The van der Waals surface area contributed by atoms with Gasteiger partial charge in [0, 0.05) is 6.07 Å². The standard InChI is InChI=1S/C15H24O3/c1-5-6-11(2)7-15(16)12-8-13(17-3)10-14(9-12)18-4/h8-11,15-16H,5-7H2,1-4H3. The molecule has 0 heterocycles. The van der Waals surface area contributed by atoms with Gasteiger partial charge < -0.3 is 14.6 Å². The van der Waals surface area contributed by atoms with Gasteiger partial charge in [0.05, 0.1) is 20.3 Å². The summed E-state index contributed by atoms with van der Waals surface area (Å²) in [6.45, 7) is 4.33. The number of hydrogen-bond acceptors (Lipinski definition) is 3. The van der Waals surface area contributed by atoms with Crippen LogP contribution in [0.2, 0.25) is 0 Å². The summed E-state index contributed by atoms with van der Waals surface area (Å²) in [5.41, 5.74) is 0.856. The van der Waals surface area contributed by atoms with Gasteiger partial charge in [0.2, 0.25) is 0 Å². The summed E-state index contributed by atoms with van der Waals surface area (Å²) in [5.74, 6) is 1.94. The molecule has 0 aromatic heterocycles. The zero-order valence-electron chi connectivity index (χ0n) is 11.8. The molecule has 2 unspecified atom stereocenters. The van der Waals surface area contributed by atoms with Gasteiger partial charge in [0.25, 0.3) is 0 Å². The van der Waals surface area contributed by atoms with Gasteiger partial charge >= 0.3 is 0 Å². The lowest BCUT2D eigenvalue weighted by atomic mass is 9.95. The van der Waals surface area contributed by atoms with Crippen molar-refractivity contribution in [3.05, 3.63) is 23.8 Å². The number of aliphatic hydroxyl groups is 1. The van der Waals surface area contributed by atoms with Crippen LogP contribution in [0, 0.1) is 5.92 Å². The summed E-state index contributed by atoms with van der Waals surface area (Å²) < 4.78 is 10.4. The maximum atomic E-state index is 10.2. The van der Waals surface area contributed by atoms with Gasteiger partial charge in [-0.3, -0.25) is 0 Å². The van der Waals surface area contributed by atoms with Gasteiger partial charge in [0.15, 0.2) is 0 Å². The van der Waals surface area contributed by atoms with Crippen LogP contribution in [0.5, 0.6) is 11.5 Å². The molecule has 3 heteroatoms. The second-order valence-corrected chi connectivity index (χ2v) is 4.79. The number of benzene rings is 1. The fourth-order valence-corrected chi connectivity index (χ4v) is 2.15. The summed E-state index contributed by atoms with van der Waals surface area (Å²) in [6.07, 6.45) is 2.59. The molecule has 3 nitrogen and oxygen atoms in total. The predicted octanol–water partition coefficient (Wildman–Crippen LogP) is 3.56. The van der Waals surface area contributed by atoms with Crippen LogP contribution in [0.3, 0.4) is 0 Å². The maximum absolute atomic E-state index is 10.2. The number of aliphatic hydroxyl groups excluding tert-OH is 1. The van der Waals surface area contributed by atoms with Crippen molar-refractivity contribution in [2.45, 2.75) is 39.2 Å². The first-order valence-corrected chi connectivity index (χ1v) is 6.51. The largest absolute Gasteiger partial charge is 0.497 e. The minimum Gasteiger partial charge on any atom is -0.497 e. The van der Waals surface area contributed by atoms with Crippen LogP contribution in [0.25, 0.3) is 0 Å². The molecule has 1 aromatic carbocycles. The first kappa shape index (κ1) is 14.8. The molecule has 18 heavy (non-hydrogen) atoms. The molecule has 0 fully saturated rings. The second-order valence-electron chi connectivity index (χ2n) is 4.79. The topological polar surface area (TPSA) is 38.7 Å². The van der Waals surface area contributed by atoms with Crippen LogP contribution in [-0.2, 0) is 0 Å². The first-order valence-electron chi connectivity index (χ1n) is 6.51. The number of ether oxygens (including phenoxy) is 2. The minimum atomic E-state index is -0.462. The van der Waals surface area contributed by atoms with Crippen molar-refractivity contribution in [1.82, 2.24) is 0 Å². The van der Waals surface area contributed by atoms with E-state index in [-0.39, 0.29) is 0 Å². The van der Waals surface area contributed by atoms with E-state index in [0.717, 1.165) is 24.8 Å². The molecule has 0 saturated heterocycles. The molecular weight excluding hydrogens is 228 g/mol. The molecule has 102 valence electrons. The van der Waals surface area contributed by atoms with Crippen molar-refractivity contribution >= 4 is 0 Å². The Morgan fingerprint density at radius 2 is 1.67 bits per heavy atom. The molecular formula is C15H24O3. The Bertz CT molecular complexity index is 341. The molecule has 0 saturated carbocycles. The summed E-state index contributed by atoms with van der Waals surface area (Å²) in [5, 5.41) is 10.2. The van der Waals surface area contributed by atoms with Crippen LogP contribution >= 0.6 is 0 Å². The van der Waals surface area contributed by atoms with Crippen molar-refractivity contribution in [1.29, 1.82) is 0 Å². The van der Waals surface area contributed by atoms with Gasteiger partial charge in [-0.25, -0.2) is 0 Å². The maximum Gasteiger partial charge on any atom is 0.122 e. The number of methoxy groups -OCH3 is 2. The lowest BCUT2D eigenvalue weighted by Gasteiger charge is -2.17. The van der Waals surface area contributed by atoms with Crippen molar-refractivity contribution < 1.29 is 14.6 Å². The van der Waals surface area contributed by atoms with Crippen LogP contribution in [0.15, 0.2) is 18.2 Å². The van der Waals surface area contributed by atoms with Gasteiger partial charge in [-0.1, -0.05) is 26.7 Å². The highest BCUT2D eigenvalue weighted by Gasteiger charge is 2.14. The van der Waals surface area contributed by atoms with E-state index in [9.17, 15) is 5.11 Å². The van der Waals surface area contributed by atoms with Crippen molar-refractivity contribution in [2.24, 2.45) is 5.92 Å². The van der Waals surface area contributed by atoms with Gasteiger partial charge in [-0.2, -0.15) is 0 Å². The van der Waals surface area contributed by atoms with E-state index in [1.807, 2.05) is 18.2 Å². The van der Waals surface area contributed by atoms with Crippen molar-refractivity contribution in [3.63, 3.8) is 0 Å². The highest BCUT2D eigenvalue weighted by molar-refractivity contribution is 5.39. The quantitative estimate of drug-likeness (QED) is 0.806. The van der Waals surface area contributed by atoms with E-state index in [2.05, 4.69) is 13.8 Å². The van der Waals surface area contributed by atoms with Crippen LogP contribution < -0.4 is 9.47 Å². The average Bonchev–Trinajstić information content (AvgIpc) is 2.38. The Morgan fingerprint density at radius 3 is 2.11 bits per heavy atom. The van der Waals surface area contributed by atoms with Crippen molar-refractivity contribution in [3.8, 4) is 11.5 Å². The Kier molecular flexibility index (Phi) is 5.99. The van der Waals surface area contributed by atoms with E-state index < -0.39 is 6.10 Å². The van der Waals surface area contributed by atoms with Gasteiger partial charge in [0.1, 0.15) is 11.5 Å². The normalized spacial score (nSPS) is 14.1. The molecule has 0 aliphatic heterocycles. The smallest absolute Gasteiger partial charge is 0.122 e. The molecule has 0 radical (unpaired) electrons. The Labute approximate surface area is 110 Å². The van der Waals surface area contributed by atoms with E-state index in [1.54, 1.807) is 14.2 Å². The van der Waals surface area contributed by atoms with Crippen LogP contribution in [0.1, 0.15) is 44.8 Å². The Hall–Kier alpha value is -1.22. The van der Waals surface area contributed by atoms with Crippen LogP contribution in [0.4, 0.5) is 0 Å². The summed E-state index contributed by atoms with van der Waals surface area (Å²) >= 11 is 0. The van der Waals surface area contributed by atoms with E-state index in [0.29, 0.717) is 17.4 Å². The second kappa shape index (κ2) is 7.27. The van der Waals surface area contributed by atoms with Crippen molar-refractivity contribution in [2.75, 3.05) is 14.2 Å². The van der Waals surface area contributed by atoms with Gasteiger partial charge in [-0.15, -0.1) is 0 Å². The lowest BCUT2D eigenvalue weighted by molar-refractivity contribution is 0.144. The minimum absolute atomic E-state index is 0.462.